The Morgan fingerprint density at radius 3 is 2.46 bits per heavy atom. The second kappa shape index (κ2) is 9.17. The van der Waals surface area contributed by atoms with Crippen LogP contribution < -0.4 is 14.4 Å². The van der Waals surface area contributed by atoms with Crippen LogP contribution in [-0.2, 0) is 9.59 Å². The highest BCUT2D eigenvalue weighted by Crippen LogP contribution is 2.48. The second-order valence-corrected chi connectivity index (χ2v) is 9.27. The predicted octanol–water partition coefficient (Wildman–Crippen LogP) is 5.72. The van der Waals surface area contributed by atoms with Crippen molar-refractivity contribution in [3.05, 3.63) is 74.7 Å². The van der Waals surface area contributed by atoms with Crippen LogP contribution in [-0.4, -0.2) is 41.0 Å². The number of hydrogen-bond acceptors (Lipinski definition) is 7. The topological polar surface area (TPSA) is 118 Å². The molecule has 0 bridgehead atoms. The van der Waals surface area contributed by atoms with Gasteiger partial charge in [-0.15, -0.1) is 0 Å². The number of halogens is 2. The van der Waals surface area contributed by atoms with E-state index < -0.39 is 23.5 Å². The van der Waals surface area contributed by atoms with Gasteiger partial charge in [-0.25, -0.2) is 4.98 Å². The summed E-state index contributed by atoms with van der Waals surface area (Å²) in [6.07, 6.45) is 1.41. The summed E-state index contributed by atoms with van der Waals surface area (Å²) in [5.74, 6) is -1.89. The molecule has 1 aliphatic heterocycles. The number of methoxy groups -OCH3 is 2. The maximum absolute atomic E-state index is 13.4. The maximum Gasteiger partial charge on any atom is 0.302 e. The number of aliphatic hydroxyl groups excluding tert-OH is 1. The Balaban J connectivity index is 1.75. The van der Waals surface area contributed by atoms with Crippen molar-refractivity contribution in [3.63, 3.8) is 0 Å². The molecule has 0 saturated carbocycles. The van der Waals surface area contributed by atoms with E-state index >= 15 is 0 Å². The number of carbonyl (C=O) groups excluding carboxylic acids is 2. The number of fused-ring (bicyclic) bond motifs is 1. The Morgan fingerprint density at radius 1 is 1.11 bits per heavy atom. The van der Waals surface area contributed by atoms with E-state index in [4.69, 9.17) is 37.1 Å². The van der Waals surface area contributed by atoms with Crippen LogP contribution in [0.4, 0.5) is 5.95 Å². The van der Waals surface area contributed by atoms with E-state index in [2.05, 4.69) is 9.97 Å². The molecule has 0 radical (unpaired) electrons. The Morgan fingerprint density at radius 2 is 1.81 bits per heavy atom. The summed E-state index contributed by atoms with van der Waals surface area (Å²) in [7, 11) is 2.72. The third-order valence-corrected chi connectivity index (χ3v) is 6.99. The number of benzene rings is 2. The Kier molecular flexibility index (Phi) is 6.13. The van der Waals surface area contributed by atoms with Crippen LogP contribution in [0.2, 0.25) is 10.0 Å². The lowest BCUT2D eigenvalue weighted by molar-refractivity contribution is -0.132. The number of nitrogens with one attached hydrogen (secondary N) is 1. The van der Waals surface area contributed by atoms with Gasteiger partial charge in [0.15, 0.2) is 11.5 Å². The molecule has 37 heavy (non-hydrogen) atoms. The third kappa shape index (κ3) is 3.82. The van der Waals surface area contributed by atoms with E-state index in [0.29, 0.717) is 11.0 Å². The number of amides is 1. The number of aliphatic hydroxyl groups is 1. The van der Waals surface area contributed by atoms with Gasteiger partial charge in [0.25, 0.3) is 5.78 Å². The van der Waals surface area contributed by atoms with Gasteiger partial charge >= 0.3 is 5.91 Å². The number of rotatable bonds is 5. The molecule has 2 aromatic heterocycles. The summed E-state index contributed by atoms with van der Waals surface area (Å²) < 4.78 is 16.2. The summed E-state index contributed by atoms with van der Waals surface area (Å²) in [5, 5.41) is 11.5. The zero-order valence-electron chi connectivity index (χ0n) is 20.2. The number of hydrogen-bond donors (Lipinski definition) is 2. The zero-order valence-corrected chi connectivity index (χ0v) is 21.7. The molecule has 4 aromatic rings. The van der Waals surface area contributed by atoms with Gasteiger partial charge in [0.1, 0.15) is 22.6 Å². The molecule has 1 atom stereocenters. The van der Waals surface area contributed by atoms with Crippen molar-refractivity contribution in [2.45, 2.75) is 19.9 Å². The molecular formula is C26H21Cl2N3O6. The minimum absolute atomic E-state index is 0.00344. The number of Topliss-reactive ketones (excluding diaryl/α,β-unsaturated/α-hetero) is 1. The van der Waals surface area contributed by atoms with E-state index in [9.17, 15) is 14.7 Å². The molecule has 1 unspecified atom stereocenters. The number of carbonyl (C=O) groups is 2. The highest BCUT2D eigenvalue weighted by Gasteiger charge is 2.50. The molecule has 1 aliphatic rings. The van der Waals surface area contributed by atoms with Gasteiger partial charge in [0.2, 0.25) is 5.95 Å². The third-order valence-electron chi connectivity index (χ3n) is 6.36. The lowest BCUT2D eigenvalue weighted by Gasteiger charge is -2.21. The quantitative estimate of drug-likeness (QED) is 0.188. The first kappa shape index (κ1) is 24.7. The molecule has 9 nitrogen and oxygen atoms in total. The van der Waals surface area contributed by atoms with Gasteiger partial charge in [-0.2, -0.15) is 0 Å². The largest absolute Gasteiger partial charge is 0.507 e. The second-order valence-electron chi connectivity index (χ2n) is 8.48. The normalized spacial score (nSPS) is 17.1. The molecule has 5 rings (SSSR count). The average molecular weight is 542 g/mol. The van der Waals surface area contributed by atoms with Crippen LogP contribution in [0.25, 0.3) is 16.8 Å². The minimum Gasteiger partial charge on any atom is -0.507 e. The molecule has 11 heteroatoms. The first-order chi connectivity index (χ1) is 17.7. The number of nitrogens with zero attached hydrogens (tertiary/aromatic N) is 2. The highest BCUT2D eigenvalue weighted by molar-refractivity contribution is 6.51. The molecule has 2 N–H and O–H groups in total. The van der Waals surface area contributed by atoms with Crippen molar-refractivity contribution in [2.75, 3.05) is 19.1 Å². The standard InChI is InChI=1S/C26H21Cl2N3O6/c1-11-8-15-16(9-12(11)2)30-26(29-15)31-20(17-6-5-7-37-17)18(22(33)25(31)34)21(32)13-10-14(27)24(36-4)19(28)23(13)35-3/h5-10,20,32H,1-4H3,(H,29,30)/b21-18+. The fraction of sp³-hybridized carbons (Fsp3) is 0.192. The van der Waals surface area contributed by atoms with Gasteiger partial charge in [-0.05, 0) is 55.3 Å². The fourth-order valence-corrected chi connectivity index (χ4v) is 5.12. The first-order valence-corrected chi connectivity index (χ1v) is 11.8. The number of aryl methyl sites for hydroxylation is 2. The van der Waals surface area contributed by atoms with Crippen LogP contribution in [0.1, 0.15) is 28.5 Å². The lowest BCUT2D eigenvalue weighted by atomic mass is 9.98. The maximum atomic E-state index is 13.4. The van der Waals surface area contributed by atoms with E-state index in [-0.39, 0.29) is 44.4 Å². The summed E-state index contributed by atoms with van der Waals surface area (Å²) in [6, 6.07) is 7.21. The van der Waals surface area contributed by atoms with E-state index in [0.717, 1.165) is 16.0 Å². The summed E-state index contributed by atoms with van der Waals surface area (Å²) in [4.78, 5) is 35.6. The molecule has 1 amide bonds. The summed E-state index contributed by atoms with van der Waals surface area (Å²) >= 11 is 12.7. The Labute approximate surface area is 221 Å². The van der Waals surface area contributed by atoms with Gasteiger partial charge < -0.3 is 24.0 Å². The van der Waals surface area contributed by atoms with Crippen molar-refractivity contribution < 1.29 is 28.6 Å². The van der Waals surface area contributed by atoms with Crippen molar-refractivity contribution in [1.29, 1.82) is 0 Å². The molecule has 3 heterocycles. The van der Waals surface area contributed by atoms with Crippen molar-refractivity contribution in [2.24, 2.45) is 0 Å². The number of ether oxygens (including phenoxy) is 2. The number of ketones is 1. The van der Waals surface area contributed by atoms with Crippen molar-refractivity contribution in [3.8, 4) is 11.5 Å². The van der Waals surface area contributed by atoms with Crippen molar-refractivity contribution >= 4 is 57.6 Å². The molecule has 0 spiro atoms. The number of H-pyrrole nitrogens is 1. The smallest absolute Gasteiger partial charge is 0.302 e. The monoisotopic (exact) mass is 541 g/mol. The van der Waals surface area contributed by atoms with Gasteiger partial charge in [0.05, 0.1) is 47.7 Å². The highest BCUT2D eigenvalue weighted by atomic mass is 35.5. The van der Waals surface area contributed by atoms with Gasteiger partial charge in [-0.1, -0.05) is 23.2 Å². The SMILES string of the molecule is COc1c(Cl)cc(/C(O)=C2\C(=O)C(=O)N(c3nc4cc(C)c(C)cc4[nH]3)C2c2ccco2)c(OC)c1Cl. The van der Waals surface area contributed by atoms with E-state index in [1.165, 1.54) is 26.5 Å². The van der Waals surface area contributed by atoms with Crippen LogP contribution >= 0.6 is 23.2 Å². The summed E-state index contributed by atoms with van der Waals surface area (Å²) in [5.41, 5.74) is 3.12. The molecule has 2 aromatic carbocycles. The van der Waals surface area contributed by atoms with E-state index in [1.807, 2.05) is 26.0 Å². The zero-order chi connectivity index (χ0) is 26.6. The van der Waals surface area contributed by atoms with Crippen LogP contribution in [0.15, 0.2) is 46.6 Å². The number of imidazole rings is 1. The van der Waals surface area contributed by atoms with Crippen LogP contribution in [0.3, 0.4) is 0 Å². The van der Waals surface area contributed by atoms with Crippen molar-refractivity contribution in [1.82, 2.24) is 9.97 Å². The fourth-order valence-electron chi connectivity index (χ4n) is 4.43. The molecule has 1 saturated heterocycles. The predicted molar refractivity (Wildman–Crippen MR) is 139 cm³/mol. The summed E-state index contributed by atoms with van der Waals surface area (Å²) in [6.45, 7) is 3.92. The Hall–Kier alpha value is -3.95. The van der Waals surface area contributed by atoms with Gasteiger partial charge in [-0.3, -0.25) is 14.5 Å². The Bertz CT molecular complexity index is 1570. The number of aromatic amines is 1. The minimum atomic E-state index is -1.14. The van der Waals surface area contributed by atoms with Crippen LogP contribution in [0.5, 0.6) is 11.5 Å². The van der Waals surface area contributed by atoms with Gasteiger partial charge in [0, 0.05) is 0 Å². The molecular weight excluding hydrogens is 521 g/mol. The number of anilines is 1. The van der Waals surface area contributed by atoms with E-state index in [1.54, 1.807) is 12.1 Å². The molecule has 0 aliphatic carbocycles. The first-order valence-electron chi connectivity index (χ1n) is 11.1. The van der Waals surface area contributed by atoms with Crippen LogP contribution in [0, 0.1) is 13.8 Å². The lowest BCUT2D eigenvalue weighted by Crippen LogP contribution is -2.30. The number of aromatic nitrogens is 2. The number of furan rings is 1. The molecule has 1 fully saturated rings. The molecule has 190 valence electrons. The average Bonchev–Trinajstić information content (AvgIpc) is 3.58.